The molecule has 174 valence electrons. The van der Waals surface area contributed by atoms with Crippen molar-refractivity contribution >= 4 is 17.1 Å². The van der Waals surface area contributed by atoms with Crippen molar-refractivity contribution in [3.8, 4) is 0 Å². The highest BCUT2D eigenvalue weighted by molar-refractivity contribution is 5.75. The van der Waals surface area contributed by atoms with E-state index in [1.165, 1.54) is 0 Å². The molecule has 1 aliphatic carbocycles. The van der Waals surface area contributed by atoms with Gasteiger partial charge in [0.2, 0.25) is 11.9 Å². The summed E-state index contributed by atoms with van der Waals surface area (Å²) < 4.78 is 33.7. The molecule has 1 saturated carbocycles. The maximum absolute atomic E-state index is 13.8. The number of pyridine rings is 1. The topological polar surface area (TPSA) is 76.9 Å². The van der Waals surface area contributed by atoms with Gasteiger partial charge in [0, 0.05) is 37.2 Å². The van der Waals surface area contributed by atoms with Crippen LogP contribution in [0.25, 0.3) is 11.2 Å². The van der Waals surface area contributed by atoms with Crippen LogP contribution in [-0.2, 0) is 4.74 Å². The molecular weight excluding hydrogens is 426 g/mol. The molecule has 33 heavy (non-hydrogen) atoms. The van der Waals surface area contributed by atoms with Crippen molar-refractivity contribution in [1.82, 2.24) is 24.9 Å². The van der Waals surface area contributed by atoms with Crippen molar-refractivity contribution in [3.05, 3.63) is 46.7 Å². The van der Waals surface area contributed by atoms with E-state index in [1.807, 2.05) is 32.9 Å². The number of rotatable bonds is 3. The highest BCUT2D eigenvalue weighted by atomic mass is 19.3. The molecule has 0 aromatic carbocycles. The summed E-state index contributed by atoms with van der Waals surface area (Å²) in [5.41, 5.74) is 5.51. The zero-order valence-corrected chi connectivity index (χ0v) is 19.2. The smallest absolute Gasteiger partial charge is 0.248 e. The lowest BCUT2D eigenvalue weighted by molar-refractivity contribution is -0.0384. The average molecular weight is 455 g/mol. The van der Waals surface area contributed by atoms with Crippen LogP contribution in [0.3, 0.4) is 0 Å². The third kappa shape index (κ3) is 4.51. The molecule has 2 fully saturated rings. The maximum Gasteiger partial charge on any atom is 0.248 e. The Balaban J connectivity index is 1.52. The first-order chi connectivity index (χ1) is 15.8. The molecule has 1 saturated heterocycles. The zero-order valence-electron chi connectivity index (χ0n) is 19.2. The van der Waals surface area contributed by atoms with Crippen LogP contribution in [0.15, 0.2) is 18.3 Å². The molecule has 0 spiro atoms. The summed E-state index contributed by atoms with van der Waals surface area (Å²) in [6.45, 7) is 7.54. The number of halogens is 2. The van der Waals surface area contributed by atoms with Crippen molar-refractivity contribution < 1.29 is 13.5 Å². The Labute approximate surface area is 191 Å². The van der Waals surface area contributed by atoms with Gasteiger partial charge in [-0.05, 0) is 51.3 Å². The van der Waals surface area contributed by atoms with E-state index in [9.17, 15) is 8.78 Å². The molecule has 0 amide bonds. The Kier molecular flexibility index (Phi) is 5.68. The van der Waals surface area contributed by atoms with Crippen molar-refractivity contribution in [2.24, 2.45) is 0 Å². The number of hydrogen-bond donors (Lipinski definition) is 0. The lowest BCUT2D eigenvalue weighted by atomic mass is 9.84. The van der Waals surface area contributed by atoms with Crippen LogP contribution >= 0.6 is 0 Å². The van der Waals surface area contributed by atoms with E-state index in [0.29, 0.717) is 49.7 Å². The predicted octanol–water partition coefficient (Wildman–Crippen LogP) is 4.61. The Morgan fingerprint density at radius 2 is 1.79 bits per heavy atom. The monoisotopic (exact) mass is 454 g/mol. The van der Waals surface area contributed by atoms with Gasteiger partial charge in [-0.2, -0.15) is 4.98 Å². The van der Waals surface area contributed by atoms with Gasteiger partial charge in [-0.25, -0.2) is 23.7 Å². The summed E-state index contributed by atoms with van der Waals surface area (Å²) in [4.78, 5) is 25.4. The minimum Gasteiger partial charge on any atom is -0.370 e. The minimum absolute atomic E-state index is 0.0787. The highest BCUT2D eigenvalue weighted by Gasteiger charge is 2.37. The third-order valence-corrected chi connectivity index (χ3v) is 6.70. The molecule has 0 bridgehead atoms. The molecule has 7 nitrogen and oxygen atoms in total. The zero-order chi connectivity index (χ0) is 23.2. The molecule has 1 unspecified atom stereocenters. The number of morpholine rings is 1. The van der Waals surface area contributed by atoms with Crippen molar-refractivity contribution in [2.75, 3.05) is 24.6 Å². The van der Waals surface area contributed by atoms with Crippen molar-refractivity contribution in [2.45, 2.75) is 64.4 Å². The van der Waals surface area contributed by atoms with E-state index in [4.69, 9.17) is 19.7 Å². The van der Waals surface area contributed by atoms with Crippen molar-refractivity contribution in [1.29, 1.82) is 0 Å². The Morgan fingerprint density at radius 1 is 1.03 bits per heavy atom. The van der Waals surface area contributed by atoms with Gasteiger partial charge in [0.05, 0.1) is 30.2 Å². The molecular formula is C24H28F2N6O. The maximum atomic E-state index is 13.8. The first kappa shape index (κ1) is 22.0. The fourth-order valence-corrected chi connectivity index (χ4v) is 4.66. The SMILES string of the molecule is Cc1cc(C2CN(c3nc(C4CCC(F)(F)CC4)c4nc(C)c(C)nc4n3)CCO2)ccn1. The quantitative estimate of drug-likeness (QED) is 0.572. The molecule has 1 aliphatic heterocycles. The summed E-state index contributed by atoms with van der Waals surface area (Å²) in [5, 5.41) is 0. The third-order valence-electron chi connectivity index (χ3n) is 6.70. The number of fused-ring (bicyclic) bond motifs is 1. The normalized spacial score (nSPS) is 21.5. The highest BCUT2D eigenvalue weighted by Crippen LogP contribution is 2.42. The molecule has 4 heterocycles. The van der Waals surface area contributed by atoms with Gasteiger partial charge in [0.1, 0.15) is 11.6 Å². The van der Waals surface area contributed by atoms with Crippen LogP contribution in [0, 0.1) is 20.8 Å². The van der Waals surface area contributed by atoms with Crippen LogP contribution in [0.2, 0.25) is 0 Å². The number of aromatic nitrogens is 5. The van der Waals surface area contributed by atoms with E-state index in [-0.39, 0.29) is 24.9 Å². The van der Waals surface area contributed by atoms with Gasteiger partial charge < -0.3 is 9.64 Å². The minimum atomic E-state index is -2.60. The Hall–Kier alpha value is -2.81. The predicted molar refractivity (Wildman–Crippen MR) is 121 cm³/mol. The molecule has 3 aromatic rings. The lowest BCUT2D eigenvalue weighted by Crippen LogP contribution is -2.39. The number of alkyl halides is 2. The second-order valence-corrected chi connectivity index (χ2v) is 9.14. The Bertz CT molecular complexity index is 1180. The van der Waals surface area contributed by atoms with Crippen LogP contribution in [0.4, 0.5) is 14.7 Å². The standard InChI is InChI=1S/C24H28F2N6O/c1-14-12-18(6-9-27-14)19-13-32(10-11-33-19)23-30-20(17-4-7-24(25,26)8-5-17)21-22(31-23)29-16(3)15(2)28-21/h6,9,12,17,19H,4-5,7-8,10-11,13H2,1-3H3. The first-order valence-electron chi connectivity index (χ1n) is 11.5. The average Bonchev–Trinajstić information content (AvgIpc) is 2.79. The van der Waals surface area contributed by atoms with Gasteiger partial charge in [-0.1, -0.05) is 0 Å². The van der Waals surface area contributed by atoms with Crippen LogP contribution in [0.1, 0.15) is 66.0 Å². The van der Waals surface area contributed by atoms with Crippen LogP contribution < -0.4 is 4.90 Å². The molecule has 5 rings (SSSR count). The fraction of sp³-hybridized carbons (Fsp3) is 0.542. The number of hydrogen-bond acceptors (Lipinski definition) is 7. The molecule has 9 heteroatoms. The van der Waals surface area contributed by atoms with Crippen LogP contribution in [0.5, 0.6) is 0 Å². The second-order valence-electron chi connectivity index (χ2n) is 9.14. The van der Waals surface area contributed by atoms with Gasteiger partial charge in [-0.3, -0.25) is 4.98 Å². The summed E-state index contributed by atoms with van der Waals surface area (Å²) in [5.74, 6) is -2.11. The Morgan fingerprint density at radius 3 is 2.55 bits per heavy atom. The van der Waals surface area contributed by atoms with Gasteiger partial charge >= 0.3 is 0 Å². The summed E-state index contributed by atoms with van der Waals surface area (Å²) >= 11 is 0. The number of nitrogens with zero attached hydrogens (tertiary/aromatic N) is 6. The van der Waals surface area contributed by atoms with E-state index in [2.05, 4.69) is 14.9 Å². The van der Waals surface area contributed by atoms with Gasteiger partial charge in [0.25, 0.3) is 0 Å². The fourth-order valence-electron chi connectivity index (χ4n) is 4.66. The van der Waals surface area contributed by atoms with E-state index < -0.39 is 5.92 Å². The summed E-state index contributed by atoms with van der Waals surface area (Å²) in [6.07, 6.45) is 2.18. The van der Waals surface area contributed by atoms with E-state index >= 15 is 0 Å². The molecule has 0 radical (unpaired) electrons. The number of anilines is 1. The molecule has 0 N–H and O–H groups in total. The lowest BCUT2D eigenvalue weighted by Gasteiger charge is -2.34. The summed E-state index contributed by atoms with van der Waals surface area (Å²) in [6, 6.07) is 3.99. The molecule has 2 aliphatic rings. The van der Waals surface area contributed by atoms with Gasteiger partial charge in [0.15, 0.2) is 5.65 Å². The first-order valence-corrected chi connectivity index (χ1v) is 11.5. The summed E-state index contributed by atoms with van der Waals surface area (Å²) in [7, 11) is 0. The molecule has 1 atom stereocenters. The van der Waals surface area contributed by atoms with Crippen molar-refractivity contribution in [3.63, 3.8) is 0 Å². The number of aryl methyl sites for hydroxylation is 3. The largest absolute Gasteiger partial charge is 0.370 e. The number of ether oxygens (including phenoxy) is 1. The van der Waals surface area contributed by atoms with E-state index in [1.54, 1.807) is 6.20 Å². The second kappa shape index (κ2) is 8.52. The molecule has 3 aromatic heterocycles. The van der Waals surface area contributed by atoms with Crippen LogP contribution in [-0.4, -0.2) is 50.5 Å². The van der Waals surface area contributed by atoms with Gasteiger partial charge in [-0.15, -0.1) is 0 Å². The van der Waals surface area contributed by atoms with E-state index in [0.717, 1.165) is 28.3 Å².